The van der Waals surface area contributed by atoms with E-state index in [0.717, 1.165) is 32.1 Å². The average Bonchev–Trinajstić information content (AvgIpc) is 2.27. The van der Waals surface area contributed by atoms with E-state index in [1.807, 2.05) is 0 Å². The van der Waals surface area contributed by atoms with Gasteiger partial charge < -0.3 is 15.2 Å². The summed E-state index contributed by atoms with van der Waals surface area (Å²) in [6.45, 7) is 1.43. The molecule has 0 aromatic rings. The average molecular weight is 239 g/mol. The molecule has 0 bridgehead atoms. The summed E-state index contributed by atoms with van der Waals surface area (Å²) < 4.78 is 5.36. The van der Waals surface area contributed by atoms with Crippen LogP contribution in [0.5, 0.6) is 0 Å². The minimum atomic E-state index is -0.252. The molecule has 4 nitrogen and oxygen atoms in total. The van der Waals surface area contributed by atoms with E-state index >= 15 is 0 Å². The molecule has 3 fully saturated rings. The molecule has 4 heteroatoms. The molecule has 1 spiro atoms. The number of aliphatic hydroxyl groups excluding tert-OH is 1. The van der Waals surface area contributed by atoms with Gasteiger partial charge in [0.05, 0.1) is 6.10 Å². The third kappa shape index (κ3) is 1.78. The summed E-state index contributed by atoms with van der Waals surface area (Å²) in [5, 5.41) is 13.2. The highest BCUT2D eigenvalue weighted by atomic mass is 16.5. The number of rotatable bonds is 2. The minimum Gasteiger partial charge on any atom is -0.392 e. The molecule has 1 aliphatic heterocycles. The van der Waals surface area contributed by atoms with Crippen molar-refractivity contribution in [2.75, 3.05) is 13.2 Å². The molecule has 3 aliphatic rings. The summed E-state index contributed by atoms with van der Waals surface area (Å²) in [6.07, 6.45) is 5.49. The van der Waals surface area contributed by atoms with Crippen molar-refractivity contribution >= 4 is 5.91 Å². The monoisotopic (exact) mass is 239 g/mol. The topological polar surface area (TPSA) is 58.6 Å². The van der Waals surface area contributed by atoms with Crippen molar-refractivity contribution in [2.24, 2.45) is 11.3 Å². The van der Waals surface area contributed by atoms with E-state index in [2.05, 4.69) is 5.32 Å². The lowest BCUT2D eigenvalue weighted by Gasteiger charge is -2.56. The molecule has 3 rings (SSSR count). The van der Waals surface area contributed by atoms with Gasteiger partial charge in [0.1, 0.15) is 0 Å². The maximum atomic E-state index is 11.9. The fraction of sp³-hybridized carbons (Fsp3) is 0.923. The highest BCUT2D eigenvalue weighted by Gasteiger charge is 2.55. The molecule has 1 amide bonds. The lowest BCUT2D eigenvalue weighted by Crippen LogP contribution is -2.66. The molecule has 17 heavy (non-hydrogen) atoms. The predicted octanol–water partition coefficient (Wildman–Crippen LogP) is 0.833. The lowest BCUT2D eigenvalue weighted by atomic mass is 9.57. The Labute approximate surface area is 102 Å². The van der Waals surface area contributed by atoms with Crippen molar-refractivity contribution in [3.8, 4) is 0 Å². The molecule has 0 aromatic heterocycles. The van der Waals surface area contributed by atoms with Crippen molar-refractivity contribution in [1.29, 1.82) is 0 Å². The molecule has 2 N–H and O–H groups in total. The molecule has 0 unspecified atom stereocenters. The van der Waals surface area contributed by atoms with E-state index in [0.29, 0.717) is 13.2 Å². The molecule has 2 atom stereocenters. The van der Waals surface area contributed by atoms with Gasteiger partial charge >= 0.3 is 0 Å². The third-order valence-electron chi connectivity index (χ3n) is 5.03. The molecule has 1 saturated heterocycles. The first-order valence-corrected chi connectivity index (χ1v) is 6.78. The number of amides is 1. The van der Waals surface area contributed by atoms with Crippen LogP contribution in [0, 0.1) is 11.3 Å². The van der Waals surface area contributed by atoms with Crippen LogP contribution in [0.3, 0.4) is 0 Å². The van der Waals surface area contributed by atoms with Gasteiger partial charge in [-0.05, 0) is 32.1 Å². The van der Waals surface area contributed by atoms with Gasteiger partial charge in [0.2, 0.25) is 5.91 Å². The van der Waals surface area contributed by atoms with Crippen molar-refractivity contribution in [2.45, 2.75) is 50.7 Å². The zero-order valence-electron chi connectivity index (χ0n) is 10.2. The van der Waals surface area contributed by atoms with Crippen LogP contribution >= 0.6 is 0 Å². The van der Waals surface area contributed by atoms with Crippen molar-refractivity contribution in [3.63, 3.8) is 0 Å². The van der Waals surface area contributed by atoms with E-state index in [4.69, 9.17) is 4.74 Å². The fourth-order valence-electron chi connectivity index (χ4n) is 3.36. The SMILES string of the molecule is O=C(N[C@H]1C[C@H](O)C12CCOCC2)C1CCC1. The largest absolute Gasteiger partial charge is 0.392 e. The molecule has 2 aliphatic carbocycles. The Hall–Kier alpha value is -0.610. The Kier molecular flexibility index (Phi) is 2.87. The maximum absolute atomic E-state index is 11.9. The van der Waals surface area contributed by atoms with E-state index in [1.54, 1.807) is 0 Å². The highest BCUT2D eigenvalue weighted by Crippen LogP contribution is 2.49. The maximum Gasteiger partial charge on any atom is 0.223 e. The zero-order chi connectivity index (χ0) is 11.9. The minimum absolute atomic E-state index is 0.0857. The van der Waals surface area contributed by atoms with Crippen LogP contribution in [0.15, 0.2) is 0 Å². The van der Waals surface area contributed by atoms with Crippen LogP contribution in [0.1, 0.15) is 38.5 Å². The van der Waals surface area contributed by atoms with Crippen molar-refractivity contribution < 1.29 is 14.6 Å². The first kappa shape index (κ1) is 11.5. The summed E-state index contributed by atoms with van der Waals surface area (Å²) in [7, 11) is 0. The highest BCUT2D eigenvalue weighted by molar-refractivity contribution is 5.80. The zero-order valence-corrected chi connectivity index (χ0v) is 10.2. The number of nitrogens with one attached hydrogen (secondary N) is 1. The van der Waals surface area contributed by atoms with Gasteiger partial charge in [0.15, 0.2) is 0 Å². The number of hydrogen-bond donors (Lipinski definition) is 2. The van der Waals surface area contributed by atoms with Crippen LogP contribution in [0.2, 0.25) is 0 Å². The molecule has 0 aromatic carbocycles. The van der Waals surface area contributed by atoms with E-state index in [1.165, 1.54) is 6.42 Å². The van der Waals surface area contributed by atoms with Crippen LogP contribution in [-0.2, 0) is 9.53 Å². The standard InChI is InChI=1S/C13H21NO3/c15-11-8-10(13(11)4-6-17-7-5-13)14-12(16)9-2-1-3-9/h9-11,15H,1-8H2,(H,14,16)/t10-,11-/m0/s1. The van der Waals surface area contributed by atoms with Crippen LogP contribution in [0.25, 0.3) is 0 Å². The molecular formula is C13H21NO3. The Balaban J connectivity index is 1.61. The van der Waals surface area contributed by atoms with Crippen LogP contribution in [-0.4, -0.2) is 36.4 Å². The molecule has 2 saturated carbocycles. The first-order chi connectivity index (χ1) is 8.22. The summed E-state index contributed by atoms with van der Waals surface area (Å²) in [6, 6.07) is 0.175. The Morgan fingerprint density at radius 3 is 2.53 bits per heavy atom. The quantitative estimate of drug-likeness (QED) is 0.750. The summed E-state index contributed by atoms with van der Waals surface area (Å²) in [5.41, 5.74) is -0.0857. The van der Waals surface area contributed by atoms with Gasteiger partial charge in [0.25, 0.3) is 0 Å². The second-order valence-electron chi connectivity index (χ2n) is 5.79. The van der Waals surface area contributed by atoms with E-state index < -0.39 is 0 Å². The van der Waals surface area contributed by atoms with Crippen LogP contribution in [0.4, 0.5) is 0 Å². The lowest BCUT2D eigenvalue weighted by molar-refractivity contribution is -0.158. The number of carbonyl (C=O) groups excluding carboxylic acids is 1. The van der Waals surface area contributed by atoms with E-state index in [9.17, 15) is 9.90 Å². The van der Waals surface area contributed by atoms with Gasteiger partial charge in [-0.1, -0.05) is 6.42 Å². The smallest absolute Gasteiger partial charge is 0.223 e. The van der Waals surface area contributed by atoms with Gasteiger partial charge in [0, 0.05) is 30.6 Å². The van der Waals surface area contributed by atoms with Gasteiger partial charge in [-0.15, -0.1) is 0 Å². The van der Waals surface area contributed by atoms with Gasteiger partial charge in [-0.2, -0.15) is 0 Å². The second kappa shape index (κ2) is 4.25. The van der Waals surface area contributed by atoms with Crippen molar-refractivity contribution in [3.05, 3.63) is 0 Å². The summed E-state index contributed by atoms with van der Waals surface area (Å²) in [4.78, 5) is 11.9. The number of ether oxygens (including phenoxy) is 1. The molecular weight excluding hydrogens is 218 g/mol. The second-order valence-corrected chi connectivity index (χ2v) is 5.79. The van der Waals surface area contributed by atoms with Crippen molar-refractivity contribution in [1.82, 2.24) is 5.32 Å². The normalized spacial score (nSPS) is 36.1. The summed E-state index contributed by atoms with van der Waals surface area (Å²) >= 11 is 0. The summed E-state index contributed by atoms with van der Waals surface area (Å²) in [5.74, 6) is 0.448. The van der Waals surface area contributed by atoms with E-state index in [-0.39, 0.29) is 29.4 Å². The number of aliphatic hydroxyl groups is 1. The first-order valence-electron chi connectivity index (χ1n) is 6.78. The van der Waals surface area contributed by atoms with Gasteiger partial charge in [-0.3, -0.25) is 4.79 Å². The fourth-order valence-corrected chi connectivity index (χ4v) is 3.36. The molecule has 96 valence electrons. The predicted molar refractivity (Wildman–Crippen MR) is 62.4 cm³/mol. The van der Waals surface area contributed by atoms with Gasteiger partial charge in [-0.25, -0.2) is 0 Å². The molecule has 0 radical (unpaired) electrons. The Bertz CT molecular complexity index is 308. The number of carbonyl (C=O) groups is 1. The third-order valence-corrected chi connectivity index (χ3v) is 5.03. The molecule has 1 heterocycles. The van der Waals surface area contributed by atoms with Crippen LogP contribution < -0.4 is 5.32 Å². The number of hydrogen-bond acceptors (Lipinski definition) is 3. The Morgan fingerprint density at radius 1 is 1.29 bits per heavy atom. The Morgan fingerprint density at radius 2 is 2.00 bits per heavy atom.